The van der Waals surface area contributed by atoms with Crippen LogP contribution in [0.1, 0.15) is 35.4 Å². The molecular weight excluding hydrogens is 456 g/mol. The van der Waals surface area contributed by atoms with E-state index in [4.69, 9.17) is 4.74 Å². The first-order chi connectivity index (χ1) is 17.5. The number of nitrogens with zero attached hydrogens (tertiary/aromatic N) is 5. The summed E-state index contributed by atoms with van der Waals surface area (Å²) in [5.74, 6) is 3.40. The highest BCUT2D eigenvalue weighted by atomic mass is 16.5. The first kappa shape index (κ1) is 23.2. The molecule has 6 rings (SSSR count). The van der Waals surface area contributed by atoms with Gasteiger partial charge in [-0.05, 0) is 62.0 Å². The van der Waals surface area contributed by atoms with Crippen molar-refractivity contribution in [2.75, 3.05) is 56.1 Å². The van der Waals surface area contributed by atoms with Gasteiger partial charge in [0.05, 0.1) is 11.3 Å². The van der Waals surface area contributed by atoms with Gasteiger partial charge in [0.2, 0.25) is 5.91 Å². The van der Waals surface area contributed by atoms with E-state index in [-0.39, 0.29) is 12.5 Å². The Morgan fingerprint density at radius 2 is 2.00 bits per heavy atom. The Balaban J connectivity index is 1.15. The first-order valence-electron chi connectivity index (χ1n) is 12.9. The lowest BCUT2D eigenvalue weighted by Crippen LogP contribution is -2.61. The number of hydrogen-bond acceptors (Lipinski definition) is 8. The summed E-state index contributed by atoms with van der Waals surface area (Å²) in [5, 5.41) is 12.9. The summed E-state index contributed by atoms with van der Waals surface area (Å²) >= 11 is 0. The normalized spacial score (nSPS) is 20.8. The number of aliphatic hydroxyl groups is 1. The van der Waals surface area contributed by atoms with Gasteiger partial charge in [0.25, 0.3) is 0 Å². The van der Waals surface area contributed by atoms with E-state index in [0.29, 0.717) is 24.5 Å². The largest absolute Gasteiger partial charge is 0.486 e. The first-order valence-corrected chi connectivity index (χ1v) is 12.9. The van der Waals surface area contributed by atoms with Crippen molar-refractivity contribution in [3.05, 3.63) is 47.8 Å². The molecule has 0 radical (unpaired) electrons. The summed E-state index contributed by atoms with van der Waals surface area (Å²) in [6.07, 6.45) is 5.22. The Labute approximate surface area is 211 Å². The molecule has 1 aromatic heterocycles. The highest BCUT2D eigenvalue weighted by molar-refractivity contribution is 5.87. The summed E-state index contributed by atoms with van der Waals surface area (Å²) in [6.45, 7) is 11.7. The van der Waals surface area contributed by atoms with Gasteiger partial charge in [-0.1, -0.05) is 12.6 Å². The molecule has 9 nitrogen and oxygen atoms in total. The average Bonchev–Trinajstić information content (AvgIpc) is 3.03. The fourth-order valence-electron chi connectivity index (χ4n) is 5.96. The summed E-state index contributed by atoms with van der Waals surface area (Å²) in [6, 6.07) is 4.99. The monoisotopic (exact) mass is 490 g/mol. The van der Waals surface area contributed by atoms with Gasteiger partial charge in [0.1, 0.15) is 30.3 Å². The molecule has 0 unspecified atom stereocenters. The van der Waals surface area contributed by atoms with Crippen LogP contribution >= 0.6 is 0 Å². The second-order valence-electron chi connectivity index (χ2n) is 10.5. The number of carbonyl (C=O) groups is 1. The van der Waals surface area contributed by atoms with E-state index in [9.17, 15) is 9.90 Å². The van der Waals surface area contributed by atoms with Crippen molar-refractivity contribution >= 4 is 23.2 Å². The minimum absolute atomic E-state index is 0.0366. The number of carbonyl (C=O) groups excluding carboxylic acids is 1. The van der Waals surface area contributed by atoms with Gasteiger partial charge in [-0.3, -0.25) is 9.69 Å². The van der Waals surface area contributed by atoms with Crippen LogP contribution < -0.4 is 15.0 Å². The van der Waals surface area contributed by atoms with E-state index < -0.39 is 0 Å². The van der Waals surface area contributed by atoms with Crippen molar-refractivity contribution in [1.82, 2.24) is 19.8 Å². The molecule has 36 heavy (non-hydrogen) atoms. The predicted octanol–water partition coefficient (Wildman–Crippen LogP) is 2.43. The maximum Gasteiger partial charge on any atom is 0.246 e. The van der Waals surface area contributed by atoms with Crippen molar-refractivity contribution < 1.29 is 14.6 Å². The minimum atomic E-state index is 0.0366. The van der Waals surface area contributed by atoms with Crippen LogP contribution in [0.25, 0.3) is 0 Å². The molecule has 4 aliphatic heterocycles. The van der Waals surface area contributed by atoms with Crippen molar-refractivity contribution in [3.8, 4) is 5.75 Å². The Morgan fingerprint density at radius 1 is 1.22 bits per heavy atom. The standard InChI is InChI=1S/C27H34N6O3/c1-3-24(35)32-12-21(13-32)31-6-4-19(5-7-31)20-8-17(2)25-23(9-20)30-26-22(15-36-25)27(29-16-28-26)33-10-18(11-33)14-34/h3,8-9,16,18-19,21,34H,1,4-7,10-15H2,2H3,(H,28,29,30). The van der Waals surface area contributed by atoms with E-state index in [1.807, 2.05) is 4.90 Å². The van der Waals surface area contributed by atoms with E-state index in [1.165, 1.54) is 11.6 Å². The summed E-state index contributed by atoms with van der Waals surface area (Å²) in [7, 11) is 0. The van der Waals surface area contributed by atoms with E-state index >= 15 is 0 Å². The molecule has 1 amide bonds. The molecule has 0 bridgehead atoms. The molecule has 190 valence electrons. The van der Waals surface area contributed by atoms with Gasteiger partial charge in [-0.25, -0.2) is 9.97 Å². The third-order valence-electron chi connectivity index (χ3n) is 8.21. The van der Waals surface area contributed by atoms with Crippen LogP contribution in [0.15, 0.2) is 31.1 Å². The smallest absolute Gasteiger partial charge is 0.246 e. The number of aromatic nitrogens is 2. The summed E-state index contributed by atoms with van der Waals surface area (Å²) in [5.41, 5.74) is 4.39. The Hall–Kier alpha value is -3.17. The molecule has 1 aromatic carbocycles. The molecule has 9 heteroatoms. The molecule has 4 aliphatic rings. The molecule has 5 heterocycles. The van der Waals surface area contributed by atoms with Crippen molar-refractivity contribution in [2.24, 2.45) is 5.92 Å². The molecule has 0 spiro atoms. The number of amides is 1. The SMILES string of the molecule is C=CC(=O)N1CC(N2CCC(c3cc(C)c4c(c3)Nc3ncnc(N5CC(CO)C5)c3CO4)CC2)C1. The lowest BCUT2D eigenvalue weighted by atomic mass is 9.87. The van der Waals surface area contributed by atoms with Crippen molar-refractivity contribution in [3.63, 3.8) is 0 Å². The average molecular weight is 491 g/mol. The number of benzene rings is 1. The fraction of sp³-hybridized carbons (Fsp3) is 0.519. The number of likely N-dealkylation sites (tertiary alicyclic amines) is 2. The Bertz CT molecular complexity index is 1170. The third-order valence-corrected chi connectivity index (χ3v) is 8.21. The van der Waals surface area contributed by atoms with Crippen LogP contribution in [0.3, 0.4) is 0 Å². The topological polar surface area (TPSA) is 94.1 Å². The van der Waals surface area contributed by atoms with Crippen molar-refractivity contribution in [2.45, 2.75) is 38.3 Å². The lowest BCUT2D eigenvalue weighted by Gasteiger charge is -2.47. The maximum atomic E-state index is 11.8. The Kier molecular flexibility index (Phi) is 6.05. The van der Waals surface area contributed by atoms with Gasteiger partial charge in [-0.2, -0.15) is 0 Å². The predicted molar refractivity (Wildman–Crippen MR) is 138 cm³/mol. The van der Waals surface area contributed by atoms with Crippen LogP contribution in [0, 0.1) is 12.8 Å². The number of piperidine rings is 1. The van der Waals surface area contributed by atoms with Gasteiger partial charge in [0.15, 0.2) is 0 Å². The molecule has 0 atom stereocenters. The molecule has 2 aromatic rings. The number of aliphatic hydroxyl groups excluding tert-OH is 1. The second-order valence-corrected chi connectivity index (χ2v) is 10.5. The Morgan fingerprint density at radius 3 is 2.72 bits per heavy atom. The number of anilines is 3. The van der Waals surface area contributed by atoms with E-state index in [0.717, 1.165) is 86.3 Å². The number of aryl methyl sites for hydroxylation is 1. The van der Waals surface area contributed by atoms with Crippen LogP contribution in [0.2, 0.25) is 0 Å². The zero-order valence-electron chi connectivity index (χ0n) is 20.8. The highest BCUT2D eigenvalue weighted by Gasteiger charge is 2.36. The summed E-state index contributed by atoms with van der Waals surface area (Å²) in [4.78, 5) is 27.4. The zero-order valence-corrected chi connectivity index (χ0v) is 20.8. The third kappa shape index (κ3) is 4.10. The van der Waals surface area contributed by atoms with Gasteiger partial charge in [0, 0.05) is 44.7 Å². The molecule has 0 saturated carbocycles. The minimum Gasteiger partial charge on any atom is -0.486 e. The number of ether oxygens (including phenoxy) is 1. The van der Waals surface area contributed by atoms with Gasteiger partial charge in [-0.15, -0.1) is 0 Å². The molecular formula is C27H34N6O3. The van der Waals surface area contributed by atoms with Gasteiger partial charge >= 0.3 is 0 Å². The molecule has 3 fully saturated rings. The number of fused-ring (bicyclic) bond motifs is 2. The number of hydrogen-bond donors (Lipinski definition) is 2. The number of rotatable bonds is 5. The summed E-state index contributed by atoms with van der Waals surface area (Å²) < 4.78 is 6.30. The maximum absolute atomic E-state index is 11.8. The quantitative estimate of drug-likeness (QED) is 0.618. The lowest BCUT2D eigenvalue weighted by molar-refractivity contribution is -0.133. The van der Waals surface area contributed by atoms with Crippen LogP contribution in [0.5, 0.6) is 5.75 Å². The molecule has 0 aliphatic carbocycles. The zero-order chi connectivity index (χ0) is 24.8. The molecule has 2 N–H and O–H groups in total. The van der Waals surface area contributed by atoms with E-state index in [2.05, 4.69) is 50.7 Å². The van der Waals surface area contributed by atoms with Crippen LogP contribution in [0.4, 0.5) is 17.3 Å². The fourth-order valence-corrected chi connectivity index (χ4v) is 5.96. The van der Waals surface area contributed by atoms with Crippen LogP contribution in [-0.2, 0) is 11.4 Å². The van der Waals surface area contributed by atoms with Crippen molar-refractivity contribution in [1.29, 1.82) is 0 Å². The molecule has 3 saturated heterocycles. The van der Waals surface area contributed by atoms with Crippen LogP contribution in [-0.4, -0.2) is 82.7 Å². The second kappa shape index (κ2) is 9.37. The van der Waals surface area contributed by atoms with E-state index in [1.54, 1.807) is 6.33 Å². The highest BCUT2D eigenvalue weighted by Crippen LogP contribution is 2.42. The number of nitrogens with one attached hydrogen (secondary N) is 1. The van der Waals surface area contributed by atoms with Gasteiger partial charge < -0.3 is 25.0 Å².